The number of carbonyl (C=O) groups excluding carboxylic acids is 2. The molecule has 0 unspecified atom stereocenters. The Hall–Kier alpha value is -3.78. The molecule has 3 aromatic carbocycles. The third-order valence-corrected chi connectivity index (χ3v) is 5.88. The fourth-order valence-electron chi connectivity index (χ4n) is 3.50. The lowest BCUT2D eigenvalue weighted by molar-refractivity contribution is -0.117. The van der Waals surface area contributed by atoms with Gasteiger partial charge >= 0.3 is 0 Å². The van der Waals surface area contributed by atoms with Crippen molar-refractivity contribution in [2.45, 2.75) is 13.3 Å². The van der Waals surface area contributed by atoms with Gasteiger partial charge in [0, 0.05) is 6.42 Å². The smallest absolute Gasteiger partial charge is 0.282 e. The standard InChI is InChI=1S/C27H25BrN2O5/c1-18-9-11-21(12-10-18)34-13-6-14-35-25-23(28)16-19(17-24(25)33-2)15-22-26(31)29-30(27(22)32)20-7-4-3-5-8-20/h3-5,7-12,15-17H,6,13-14H2,1-2H3,(H,29,31)/b22-15+. The van der Waals surface area contributed by atoms with E-state index >= 15 is 0 Å². The Balaban J connectivity index is 1.41. The van der Waals surface area contributed by atoms with E-state index in [9.17, 15) is 9.59 Å². The number of ether oxygens (including phenoxy) is 3. The predicted molar refractivity (Wildman–Crippen MR) is 138 cm³/mol. The Morgan fingerprint density at radius 2 is 1.69 bits per heavy atom. The maximum absolute atomic E-state index is 12.8. The summed E-state index contributed by atoms with van der Waals surface area (Å²) in [7, 11) is 1.54. The van der Waals surface area contributed by atoms with Crippen molar-refractivity contribution in [1.29, 1.82) is 0 Å². The fourth-order valence-corrected chi connectivity index (χ4v) is 4.08. The molecule has 0 radical (unpaired) electrons. The van der Waals surface area contributed by atoms with Crippen molar-refractivity contribution in [1.82, 2.24) is 5.43 Å². The zero-order valence-electron chi connectivity index (χ0n) is 19.4. The van der Waals surface area contributed by atoms with Crippen LogP contribution in [0.25, 0.3) is 6.08 Å². The number of amides is 2. The maximum Gasteiger partial charge on any atom is 0.282 e. The topological polar surface area (TPSA) is 77.1 Å². The predicted octanol–water partition coefficient (Wildman–Crippen LogP) is 5.08. The second kappa shape index (κ2) is 11.1. The molecule has 0 aliphatic carbocycles. The number of benzene rings is 3. The van der Waals surface area contributed by atoms with Crippen LogP contribution in [-0.2, 0) is 9.59 Å². The van der Waals surface area contributed by atoms with Crippen LogP contribution in [0.15, 0.2) is 76.8 Å². The van der Waals surface area contributed by atoms with Gasteiger partial charge < -0.3 is 14.2 Å². The summed E-state index contributed by atoms with van der Waals surface area (Å²) in [6, 6.07) is 20.3. The van der Waals surface area contributed by atoms with Crippen molar-refractivity contribution in [2.75, 3.05) is 25.3 Å². The Morgan fingerprint density at radius 1 is 0.971 bits per heavy atom. The lowest BCUT2D eigenvalue weighted by Crippen LogP contribution is -2.35. The summed E-state index contributed by atoms with van der Waals surface area (Å²) < 4.78 is 17.8. The van der Waals surface area contributed by atoms with Crippen LogP contribution in [0.5, 0.6) is 17.2 Å². The second-order valence-corrected chi connectivity index (χ2v) is 8.73. The quantitative estimate of drug-likeness (QED) is 0.234. The number of hydrogen-bond donors (Lipinski definition) is 1. The minimum absolute atomic E-state index is 0.0322. The summed E-state index contributed by atoms with van der Waals surface area (Å²) in [5.41, 5.74) is 5.02. The monoisotopic (exact) mass is 536 g/mol. The number of carbonyl (C=O) groups is 2. The van der Waals surface area contributed by atoms with Gasteiger partial charge in [0.25, 0.3) is 11.8 Å². The van der Waals surface area contributed by atoms with Gasteiger partial charge in [0.2, 0.25) is 0 Å². The molecule has 0 bridgehead atoms. The van der Waals surface area contributed by atoms with Crippen LogP contribution >= 0.6 is 15.9 Å². The number of hydrazine groups is 1. The molecule has 4 rings (SSSR count). The van der Waals surface area contributed by atoms with Crippen molar-refractivity contribution in [3.8, 4) is 17.2 Å². The van der Waals surface area contributed by atoms with Crippen LogP contribution in [0.3, 0.4) is 0 Å². The molecule has 7 nitrogen and oxygen atoms in total. The third kappa shape index (κ3) is 5.84. The fraction of sp³-hybridized carbons (Fsp3) is 0.185. The summed E-state index contributed by atoms with van der Waals surface area (Å²) in [6.45, 7) is 2.97. The largest absolute Gasteiger partial charge is 0.493 e. The molecule has 0 saturated carbocycles. The zero-order valence-corrected chi connectivity index (χ0v) is 21.0. The SMILES string of the molecule is COc1cc(/C=C2\C(=O)NN(c3ccccc3)C2=O)cc(Br)c1OCCCOc1ccc(C)cc1. The summed E-state index contributed by atoms with van der Waals surface area (Å²) in [6.07, 6.45) is 2.21. The Bertz CT molecular complexity index is 1240. The van der Waals surface area contributed by atoms with Crippen LogP contribution in [0.4, 0.5) is 5.69 Å². The molecule has 0 atom stereocenters. The first kappa shape index (κ1) is 24.3. The number of aryl methyl sites for hydroxylation is 1. The summed E-state index contributed by atoms with van der Waals surface area (Å²) in [5, 5.41) is 1.23. The van der Waals surface area contributed by atoms with E-state index in [1.807, 2.05) is 37.3 Å². The van der Waals surface area contributed by atoms with E-state index in [2.05, 4.69) is 21.4 Å². The molecule has 0 aromatic heterocycles. The molecule has 8 heteroatoms. The van der Waals surface area contributed by atoms with Crippen LogP contribution in [0.2, 0.25) is 0 Å². The van der Waals surface area contributed by atoms with E-state index in [1.54, 1.807) is 36.4 Å². The normalized spacial score (nSPS) is 14.3. The van der Waals surface area contributed by atoms with Gasteiger partial charge in [0.15, 0.2) is 11.5 Å². The van der Waals surface area contributed by atoms with Gasteiger partial charge in [-0.3, -0.25) is 15.0 Å². The first-order valence-electron chi connectivity index (χ1n) is 11.1. The zero-order chi connectivity index (χ0) is 24.8. The maximum atomic E-state index is 12.8. The highest BCUT2D eigenvalue weighted by atomic mass is 79.9. The molecule has 1 heterocycles. The van der Waals surface area contributed by atoms with Gasteiger partial charge in [-0.2, -0.15) is 0 Å². The minimum atomic E-state index is -0.470. The molecule has 3 aromatic rings. The number of methoxy groups -OCH3 is 1. The number of nitrogens with one attached hydrogen (secondary N) is 1. The number of rotatable bonds is 9. The highest BCUT2D eigenvalue weighted by molar-refractivity contribution is 9.10. The van der Waals surface area contributed by atoms with E-state index in [0.29, 0.717) is 46.9 Å². The van der Waals surface area contributed by atoms with E-state index in [0.717, 1.165) is 5.75 Å². The van der Waals surface area contributed by atoms with E-state index < -0.39 is 11.8 Å². The van der Waals surface area contributed by atoms with Gasteiger partial charge in [0.1, 0.15) is 11.3 Å². The molecule has 180 valence electrons. The van der Waals surface area contributed by atoms with Crippen molar-refractivity contribution >= 4 is 39.5 Å². The van der Waals surface area contributed by atoms with Crippen molar-refractivity contribution in [3.63, 3.8) is 0 Å². The molecule has 0 spiro atoms. The van der Waals surface area contributed by atoms with Crippen LogP contribution in [0, 0.1) is 6.92 Å². The molecule has 1 fully saturated rings. The van der Waals surface area contributed by atoms with Gasteiger partial charge in [-0.25, -0.2) is 5.01 Å². The van der Waals surface area contributed by atoms with E-state index in [4.69, 9.17) is 14.2 Å². The van der Waals surface area contributed by atoms with Crippen molar-refractivity contribution in [2.24, 2.45) is 0 Å². The summed E-state index contributed by atoms with van der Waals surface area (Å²) in [4.78, 5) is 25.3. The molecule has 1 N–H and O–H groups in total. The first-order valence-corrected chi connectivity index (χ1v) is 11.9. The Labute approximate surface area is 212 Å². The number of anilines is 1. The van der Waals surface area contributed by atoms with Crippen LogP contribution in [0.1, 0.15) is 17.5 Å². The van der Waals surface area contributed by atoms with Gasteiger partial charge in [0.05, 0.1) is 30.5 Å². The molecular formula is C27H25BrN2O5. The first-order chi connectivity index (χ1) is 17.0. The molecule has 35 heavy (non-hydrogen) atoms. The lowest BCUT2D eigenvalue weighted by atomic mass is 10.1. The molecule has 1 aliphatic rings. The summed E-state index contributed by atoms with van der Waals surface area (Å²) in [5.74, 6) is 0.950. The Kier molecular flexibility index (Phi) is 7.72. The summed E-state index contributed by atoms with van der Waals surface area (Å²) >= 11 is 3.52. The van der Waals surface area contributed by atoms with Crippen LogP contribution in [-0.4, -0.2) is 32.1 Å². The van der Waals surface area contributed by atoms with Crippen molar-refractivity contribution in [3.05, 3.63) is 87.9 Å². The van der Waals surface area contributed by atoms with E-state index in [-0.39, 0.29) is 5.57 Å². The van der Waals surface area contributed by atoms with E-state index in [1.165, 1.54) is 23.8 Å². The second-order valence-electron chi connectivity index (χ2n) is 7.87. The minimum Gasteiger partial charge on any atom is -0.493 e. The Morgan fingerprint density at radius 3 is 2.40 bits per heavy atom. The molecule has 1 aliphatic heterocycles. The molecule has 1 saturated heterocycles. The number of para-hydroxylation sites is 1. The van der Waals surface area contributed by atoms with Gasteiger partial charge in [-0.05, 0) is 70.9 Å². The van der Waals surface area contributed by atoms with Gasteiger partial charge in [-0.1, -0.05) is 35.9 Å². The number of nitrogens with zero attached hydrogens (tertiary/aromatic N) is 1. The molecule has 2 amide bonds. The van der Waals surface area contributed by atoms with Crippen molar-refractivity contribution < 1.29 is 23.8 Å². The highest BCUT2D eigenvalue weighted by Gasteiger charge is 2.34. The van der Waals surface area contributed by atoms with Gasteiger partial charge in [-0.15, -0.1) is 0 Å². The molecular weight excluding hydrogens is 512 g/mol. The third-order valence-electron chi connectivity index (χ3n) is 5.29. The lowest BCUT2D eigenvalue weighted by Gasteiger charge is -2.14. The van der Waals surface area contributed by atoms with Crippen LogP contribution < -0.4 is 24.6 Å². The average molecular weight is 537 g/mol. The number of halogens is 1. The number of hydrogen-bond acceptors (Lipinski definition) is 5. The highest BCUT2D eigenvalue weighted by Crippen LogP contribution is 2.37. The average Bonchev–Trinajstić information content (AvgIpc) is 3.14.